The molecule has 0 aromatic carbocycles. The van der Waals surface area contributed by atoms with Crippen molar-refractivity contribution in [1.82, 2.24) is 10.6 Å². The van der Waals surface area contributed by atoms with Crippen molar-refractivity contribution in [1.29, 1.82) is 0 Å². The average Bonchev–Trinajstić information content (AvgIpc) is 2.38. The van der Waals surface area contributed by atoms with E-state index < -0.39 is 36.4 Å². The molecule has 6 N–H and O–H groups in total. The van der Waals surface area contributed by atoms with Crippen molar-refractivity contribution in [3.05, 3.63) is 0 Å². The minimum absolute atomic E-state index is 0.0928. The first-order valence-electron chi connectivity index (χ1n) is 6.95. The van der Waals surface area contributed by atoms with Crippen molar-refractivity contribution >= 4 is 12.0 Å². The van der Waals surface area contributed by atoms with Gasteiger partial charge in [-0.1, -0.05) is 0 Å². The van der Waals surface area contributed by atoms with Crippen LogP contribution in [0.1, 0.15) is 33.6 Å². The van der Waals surface area contributed by atoms with Gasteiger partial charge >= 0.3 is 6.09 Å². The molecule has 0 fully saturated rings. The summed E-state index contributed by atoms with van der Waals surface area (Å²) in [7, 11) is 0. The molecule has 0 rings (SSSR count). The molecule has 0 aliphatic rings. The molecule has 0 heterocycles. The van der Waals surface area contributed by atoms with Gasteiger partial charge < -0.3 is 31.3 Å². The zero-order valence-corrected chi connectivity index (χ0v) is 12.9. The summed E-state index contributed by atoms with van der Waals surface area (Å²) in [5.74, 6) is -0.457. The van der Waals surface area contributed by atoms with Gasteiger partial charge in [-0.15, -0.1) is 0 Å². The second-order valence-corrected chi connectivity index (χ2v) is 5.71. The van der Waals surface area contributed by atoms with Crippen molar-refractivity contribution in [3.8, 4) is 0 Å². The molecule has 0 saturated carbocycles. The van der Waals surface area contributed by atoms with Crippen LogP contribution in [0.15, 0.2) is 0 Å². The summed E-state index contributed by atoms with van der Waals surface area (Å²) in [4.78, 5) is 23.7. The number of rotatable bonds is 8. The number of hydrogen-bond donors (Lipinski definition) is 5. The Labute approximate surface area is 125 Å². The fourth-order valence-corrected chi connectivity index (χ4v) is 1.45. The number of aliphatic hydroxyl groups excluding tert-OH is 2. The lowest BCUT2D eigenvalue weighted by molar-refractivity contribution is -0.124. The summed E-state index contributed by atoms with van der Waals surface area (Å²) in [6, 6.07) is -0.797. The molecule has 0 aromatic heterocycles. The highest BCUT2D eigenvalue weighted by atomic mass is 16.6. The number of aliphatic hydroxyl groups is 2. The van der Waals surface area contributed by atoms with E-state index in [1.54, 1.807) is 20.8 Å². The number of hydrogen-bond acceptors (Lipinski definition) is 6. The number of alkyl carbamates (subject to hydrolysis) is 1. The fraction of sp³-hybridized carbons (Fsp3) is 0.846. The Morgan fingerprint density at radius 2 is 1.95 bits per heavy atom. The zero-order chi connectivity index (χ0) is 16.5. The lowest BCUT2D eigenvalue weighted by Crippen LogP contribution is -2.49. The van der Waals surface area contributed by atoms with Gasteiger partial charge in [0.2, 0.25) is 5.91 Å². The van der Waals surface area contributed by atoms with E-state index in [0.717, 1.165) is 0 Å². The minimum Gasteiger partial charge on any atom is -0.444 e. The van der Waals surface area contributed by atoms with Gasteiger partial charge in [0.15, 0.2) is 0 Å². The second-order valence-electron chi connectivity index (χ2n) is 5.71. The van der Waals surface area contributed by atoms with E-state index in [1.165, 1.54) is 0 Å². The molecular formula is C13H27N3O5. The Morgan fingerprint density at radius 1 is 1.33 bits per heavy atom. The number of carbonyl (C=O) groups is 2. The summed E-state index contributed by atoms with van der Waals surface area (Å²) in [6.45, 7) is 5.01. The Morgan fingerprint density at radius 3 is 2.43 bits per heavy atom. The van der Waals surface area contributed by atoms with E-state index in [4.69, 9.17) is 15.6 Å². The highest BCUT2D eigenvalue weighted by molar-refractivity contribution is 5.85. The Kier molecular flexibility index (Phi) is 8.91. The molecule has 21 heavy (non-hydrogen) atoms. The molecule has 0 radical (unpaired) electrons. The van der Waals surface area contributed by atoms with Crippen molar-refractivity contribution in [3.63, 3.8) is 0 Å². The van der Waals surface area contributed by atoms with E-state index in [1.807, 2.05) is 0 Å². The molecule has 8 nitrogen and oxygen atoms in total. The predicted molar refractivity (Wildman–Crippen MR) is 77.5 cm³/mol. The van der Waals surface area contributed by atoms with Crippen LogP contribution in [0, 0.1) is 0 Å². The van der Waals surface area contributed by atoms with E-state index >= 15 is 0 Å². The molecule has 1 unspecified atom stereocenters. The Balaban J connectivity index is 4.49. The third-order valence-corrected chi connectivity index (χ3v) is 2.43. The summed E-state index contributed by atoms with van der Waals surface area (Å²) < 4.78 is 5.09. The first-order valence-corrected chi connectivity index (χ1v) is 6.95. The van der Waals surface area contributed by atoms with E-state index in [-0.39, 0.29) is 6.54 Å². The molecule has 0 aliphatic carbocycles. The highest BCUT2D eigenvalue weighted by Crippen LogP contribution is 2.07. The lowest BCUT2D eigenvalue weighted by Gasteiger charge is -2.23. The van der Waals surface area contributed by atoms with Gasteiger partial charge in [0.05, 0.1) is 12.7 Å². The number of nitrogens with two attached hydrogens (primary N) is 1. The van der Waals surface area contributed by atoms with Crippen molar-refractivity contribution in [2.24, 2.45) is 5.73 Å². The first-order chi connectivity index (χ1) is 9.69. The van der Waals surface area contributed by atoms with E-state index in [0.29, 0.717) is 19.4 Å². The third kappa shape index (κ3) is 10.1. The van der Waals surface area contributed by atoms with E-state index in [9.17, 15) is 14.7 Å². The van der Waals surface area contributed by atoms with Gasteiger partial charge in [0, 0.05) is 6.54 Å². The summed E-state index contributed by atoms with van der Waals surface area (Å²) >= 11 is 0. The molecule has 2 atom stereocenters. The van der Waals surface area contributed by atoms with Gasteiger partial charge in [-0.3, -0.25) is 4.79 Å². The largest absolute Gasteiger partial charge is 0.444 e. The minimum atomic E-state index is -1.04. The topological polar surface area (TPSA) is 134 Å². The second kappa shape index (κ2) is 9.54. The summed E-state index contributed by atoms with van der Waals surface area (Å²) in [6.07, 6.45) is -0.819. The number of carbonyl (C=O) groups excluding carboxylic acids is 2. The number of ether oxygens (including phenoxy) is 1. The van der Waals surface area contributed by atoms with Gasteiger partial charge in [-0.2, -0.15) is 0 Å². The van der Waals surface area contributed by atoms with Gasteiger partial charge in [-0.25, -0.2) is 4.79 Å². The zero-order valence-electron chi connectivity index (χ0n) is 12.9. The van der Waals surface area contributed by atoms with Gasteiger partial charge in [-0.05, 0) is 40.2 Å². The SMILES string of the molecule is CC(C)(C)OC(=O)N[C@@H](CCCN)C(=O)NCC(O)CO. The van der Waals surface area contributed by atoms with Crippen LogP contribution in [0.25, 0.3) is 0 Å². The first kappa shape index (κ1) is 19.6. The van der Waals surface area contributed by atoms with E-state index in [2.05, 4.69) is 10.6 Å². The van der Waals surface area contributed by atoms with Gasteiger partial charge in [0.1, 0.15) is 11.6 Å². The number of nitrogens with one attached hydrogen (secondary N) is 2. The third-order valence-electron chi connectivity index (χ3n) is 2.43. The standard InChI is InChI=1S/C13H27N3O5/c1-13(2,3)21-12(20)16-10(5-4-6-14)11(19)15-7-9(18)8-17/h9-10,17-18H,4-8,14H2,1-3H3,(H,15,19)(H,16,20)/t9?,10-/m0/s1. The fourth-order valence-electron chi connectivity index (χ4n) is 1.45. The van der Waals surface area contributed by atoms with Crippen LogP contribution in [-0.4, -0.2) is 59.7 Å². The molecule has 124 valence electrons. The molecule has 0 spiro atoms. The lowest BCUT2D eigenvalue weighted by atomic mass is 10.1. The van der Waals surface area contributed by atoms with Crippen LogP contribution in [-0.2, 0) is 9.53 Å². The van der Waals surface area contributed by atoms with Crippen LogP contribution >= 0.6 is 0 Å². The molecule has 0 aliphatic heterocycles. The molecule has 0 bridgehead atoms. The van der Waals surface area contributed by atoms with Crippen LogP contribution in [0.5, 0.6) is 0 Å². The predicted octanol–water partition coefficient (Wildman–Crippen LogP) is -0.912. The Bertz CT molecular complexity index is 330. The maximum absolute atomic E-state index is 12.0. The highest BCUT2D eigenvalue weighted by Gasteiger charge is 2.24. The average molecular weight is 305 g/mol. The molecule has 2 amide bonds. The summed E-state index contributed by atoms with van der Waals surface area (Å²) in [5.41, 5.74) is 4.74. The van der Waals surface area contributed by atoms with Crippen LogP contribution in [0.2, 0.25) is 0 Å². The van der Waals surface area contributed by atoms with Crippen molar-refractivity contribution < 1.29 is 24.5 Å². The van der Waals surface area contributed by atoms with Gasteiger partial charge in [0.25, 0.3) is 0 Å². The molecule has 0 saturated heterocycles. The molecule has 0 aromatic rings. The van der Waals surface area contributed by atoms with Crippen LogP contribution < -0.4 is 16.4 Å². The quantitative estimate of drug-likeness (QED) is 0.394. The van der Waals surface area contributed by atoms with Crippen molar-refractivity contribution in [2.75, 3.05) is 19.7 Å². The van der Waals surface area contributed by atoms with Crippen LogP contribution in [0.4, 0.5) is 4.79 Å². The Hall–Kier alpha value is -1.38. The summed E-state index contributed by atoms with van der Waals surface area (Å²) in [5, 5.41) is 22.8. The molecule has 8 heteroatoms. The monoisotopic (exact) mass is 305 g/mol. The maximum atomic E-state index is 12.0. The van der Waals surface area contributed by atoms with Crippen molar-refractivity contribution in [2.45, 2.75) is 51.4 Å². The number of amides is 2. The van der Waals surface area contributed by atoms with Crippen LogP contribution in [0.3, 0.4) is 0 Å². The maximum Gasteiger partial charge on any atom is 0.408 e. The normalized spacial score (nSPS) is 14.2. The molecular weight excluding hydrogens is 278 g/mol. The smallest absolute Gasteiger partial charge is 0.408 e.